The van der Waals surface area contributed by atoms with Gasteiger partial charge in [0.15, 0.2) is 0 Å². The number of hydrogen-bond acceptors (Lipinski definition) is 9. The summed E-state index contributed by atoms with van der Waals surface area (Å²) in [5.74, 6) is 0.198. The van der Waals surface area contributed by atoms with Crippen LogP contribution in [0, 0.1) is 5.92 Å². The third-order valence-corrected chi connectivity index (χ3v) is 10.4. The number of alkyl halides is 1. The molecule has 2 amide bonds. The maximum absolute atomic E-state index is 13.7. The number of aliphatic hydroxyl groups excluding tert-OH is 3. The molecule has 0 spiro atoms. The number of carbonyl (C=O) groups excluding carboxylic acids is 2. The molecule has 3 unspecified atom stereocenters. The number of aliphatic hydroxyl groups is 3. The number of halogens is 1. The summed E-state index contributed by atoms with van der Waals surface area (Å²) in [6, 6.07) is 6.20. The van der Waals surface area contributed by atoms with Crippen LogP contribution in [0.15, 0.2) is 29.2 Å². The molecule has 3 fully saturated rings. The Labute approximate surface area is 264 Å². The Balaban J connectivity index is 1.46. The van der Waals surface area contributed by atoms with Gasteiger partial charge in [0.25, 0.3) is 5.91 Å². The zero-order valence-electron chi connectivity index (χ0n) is 25.9. The molecule has 1 aromatic rings. The van der Waals surface area contributed by atoms with Crippen molar-refractivity contribution in [2.75, 3.05) is 39.5 Å². The molecule has 44 heavy (non-hydrogen) atoms. The van der Waals surface area contributed by atoms with Crippen molar-refractivity contribution in [3.63, 3.8) is 0 Å². The summed E-state index contributed by atoms with van der Waals surface area (Å²) >= 11 is 1.47. The van der Waals surface area contributed by atoms with E-state index in [2.05, 4.69) is 10.6 Å². The van der Waals surface area contributed by atoms with E-state index in [1.165, 1.54) is 11.8 Å². The van der Waals surface area contributed by atoms with E-state index in [0.717, 1.165) is 30.6 Å². The minimum atomic E-state index is -1.41. The number of hydrogen-bond donors (Lipinski definition) is 5. The number of morpholine rings is 1. The second kappa shape index (κ2) is 17.2. The van der Waals surface area contributed by atoms with Crippen molar-refractivity contribution >= 4 is 23.6 Å². The van der Waals surface area contributed by atoms with Crippen LogP contribution in [-0.2, 0) is 14.3 Å². The van der Waals surface area contributed by atoms with Crippen molar-refractivity contribution in [2.24, 2.45) is 5.92 Å². The molecule has 3 saturated heterocycles. The number of amides is 2. The molecule has 0 aliphatic carbocycles. The monoisotopic (exact) mass is 639 g/mol. The van der Waals surface area contributed by atoms with Crippen molar-refractivity contribution < 1.29 is 38.8 Å². The molecule has 0 bridgehead atoms. The average Bonchev–Trinajstić information content (AvgIpc) is 3.29. The van der Waals surface area contributed by atoms with Gasteiger partial charge in [-0.1, -0.05) is 26.7 Å². The van der Waals surface area contributed by atoms with E-state index in [-0.39, 0.29) is 23.7 Å². The molecule has 3 heterocycles. The van der Waals surface area contributed by atoms with Gasteiger partial charge in [0.05, 0.1) is 38.1 Å². The van der Waals surface area contributed by atoms with E-state index in [4.69, 9.17) is 9.47 Å². The molecule has 9 atom stereocenters. The Morgan fingerprint density at radius 3 is 2.48 bits per heavy atom. The number of benzene rings is 1. The summed E-state index contributed by atoms with van der Waals surface area (Å²) in [6.45, 7) is 6.33. The SMILES string of the molecule is CCC1O[C@H]([C@H](NC(=O)[C@@H]2CC[C@H](CCCCF)CCN2)[C@H](C)Sc2ccc(C(=O)N3CCOCC3)cc2)C(O)C(O)[C@H]1O. The molecule has 3 aliphatic heterocycles. The summed E-state index contributed by atoms with van der Waals surface area (Å²) < 4.78 is 24.1. The lowest BCUT2D eigenvalue weighted by Gasteiger charge is -2.45. The first-order valence-corrected chi connectivity index (χ1v) is 17.0. The number of rotatable bonds is 12. The van der Waals surface area contributed by atoms with Crippen LogP contribution in [0.2, 0.25) is 0 Å². The second-order valence-corrected chi connectivity index (χ2v) is 13.7. The zero-order chi connectivity index (χ0) is 31.6. The van der Waals surface area contributed by atoms with Crippen molar-refractivity contribution in [2.45, 2.75) is 112 Å². The molecule has 12 heteroatoms. The van der Waals surface area contributed by atoms with Gasteiger partial charge >= 0.3 is 0 Å². The van der Waals surface area contributed by atoms with Crippen molar-refractivity contribution in [1.29, 1.82) is 0 Å². The first-order valence-electron chi connectivity index (χ1n) is 16.2. The van der Waals surface area contributed by atoms with E-state index in [9.17, 15) is 29.3 Å². The minimum absolute atomic E-state index is 0.0412. The molecule has 248 valence electrons. The molecule has 4 rings (SSSR count). The van der Waals surface area contributed by atoms with E-state index in [0.29, 0.717) is 63.6 Å². The molecule has 3 aliphatic rings. The molecule has 0 saturated carbocycles. The highest BCUT2D eigenvalue weighted by Gasteiger charge is 2.48. The second-order valence-electron chi connectivity index (χ2n) is 12.2. The minimum Gasteiger partial charge on any atom is -0.388 e. The highest BCUT2D eigenvalue weighted by atomic mass is 32.2. The summed E-state index contributed by atoms with van der Waals surface area (Å²) in [5, 5.41) is 38.4. The lowest BCUT2D eigenvalue weighted by atomic mass is 9.89. The van der Waals surface area contributed by atoms with Crippen LogP contribution in [0.3, 0.4) is 0 Å². The molecule has 5 N–H and O–H groups in total. The Morgan fingerprint density at radius 1 is 1.07 bits per heavy atom. The Hall–Kier alpha value is -1.80. The van der Waals surface area contributed by atoms with Crippen LogP contribution in [0.4, 0.5) is 4.39 Å². The summed E-state index contributed by atoms with van der Waals surface area (Å²) in [6.07, 6.45) is -0.459. The van der Waals surface area contributed by atoms with Gasteiger partial charge in [0.1, 0.15) is 24.4 Å². The highest BCUT2D eigenvalue weighted by Crippen LogP contribution is 2.33. The lowest BCUT2D eigenvalue weighted by Crippen LogP contribution is -2.65. The van der Waals surface area contributed by atoms with Crippen LogP contribution in [0.1, 0.15) is 69.2 Å². The molecule has 1 aromatic carbocycles. The van der Waals surface area contributed by atoms with E-state index >= 15 is 0 Å². The van der Waals surface area contributed by atoms with Gasteiger partial charge in [0.2, 0.25) is 5.91 Å². The van der Waals surface area contributed by atoms with Crippen LogP contribution in [0.25, 0.3) is 0 Å². The van der Waals surface area contributed by atoms with Crippen LogP contribution in [-0.4, -0.2) is 119 Å². The number of thioether (sulfide) groups is 1. The number of nitrogens with zero attached hydrogens (tertiary/aromatic N) is 1. The fraction of sp³-hybridized carbons (Fsp3) is 0.750. The van der Waals surface area contributed by atoms with Crippen molar-refractivity contribution in [3.8, 4) is 0 Å². The van der Waals surface area contributed by atoms with Crippen molar-refractivity contribution in [3.05, 3.63) is 29.8 Å². The van der Waals surface area contributed by atoms with Gasteiger partial charge in [-0.05, 0) is 68.8 Å². The maximum Gasteiger partial charge on any atom is 0.254 e. The number of ether oxygens (including phenoxy) is 2. The molecular weight excluding hydrogens is 589 g/mol. The number of unbranched alkanes of at least 4 members (excludes halogenated alkanes) is 1. The Morgan fingerprint density at radius 2 is 1.80 bits per heavy atom. The fourth-order valence-corrected chi connectivity index (χ4v) is 7.50. The Bertz CT molecular complexity index is 1050. The highest BCUT2D eigenvalue weighted by molar-refractivity contribution is 8.00. The number of carbonyl (C=O) groups is 2. The first-order chi connectivity index (χ1) is 21.2. The molecule has 10 nitrogen and oxygen atoms in total. The predicted molar refractivity (Wildman–Crippen MR) is 166 cm³/mol. The zero-order valence-corrected chi connectivity index (χ0v) is 26.7. The number of nitrogens with one attached hydrogen (secondary N) is 2. The van der Waals surface area contributed by atoms with E-state index < -0.39 is 42.6 Å². The van der Waals surface area contributed by atoms with Gasteiger partial charge in [-0.3, -0.25) is 14.0 Å². The molecular formula is C32H50FN3O7S. The van der Waals surface area contributed by atoms with Gasteiger partial charge in [-0.2, -0.15) is 0 Å². The van der Waals surface area contributed by atoms with Gasteiger partial charge < -0.3 is 40.3 Å². The normalized spacial score (nSPS) is 31.1. The lowest BCUT2D eigenvalue weighted by molar-refractivity contribution is -0.228. The predicted octanol–water partition coefficient (Wildman–Crippen LogP) is 2.28. The van der Waals surface area contributed by atoms with E-state index in [1.807, 2.05) is 26.0 Å². The first kappa shape index (κ1) is 35.1. The fourth-order valence-electron chi connectivity index (χ4n) is 6.41. The summed E-state index contributed by atoms with van der Waals surface area (Å²) in [5.41, 5.74) is 0.588. The van der Waals surface area contributed by atoms with Crippen LogP contribution >= 0.6 is 11.8 Å². The quantitative estimate of drug-likeness (QED) is 0.172. The standard InChI is InChI=1S/C32H50FN3O7S/c1-3-25-27(37)28(38)29(39)30(43-25)26(35-31(40)24-12-7-21(13-15-34-24)6-4-5-14-33)20(2)44-23-10-8-22(9-11-23)32(41)36-16-18-42-19-17-36/h8-11,20-21,24-30,34,37-39H,3-7,12-19H2,1-2H3,(H,35,40)/t20-,21-,24-,25?,26+,27-,28?,29?,30+/m0/s1. The smallest absolute Gasteiger partial charge is 0.254 e. The maximum atomic E-state index is 13.7. The Kier molecular flexibility index (Phi) is 13.7. The van der Waals surface area contributed by atoms with Gasteiger partial charge in [-0.25, -0.2) is 0 Å². The summed E-state index contributed by atoms with van der Waals surface area (Å²) in [7, 11) is 0. The van der Waals surface area contributed by atoms with Crippen LogP contribution in [0.5, 0.6) is 0 Å². The van der Waals surface area contributed by atoms with Crippen LogP contribution < -0.4 is 10.6 Å². The van der Waals surface area contributed by atoms with E-state index in [1.54, 1.807) is 17.0 Å². The van der Waals surface area contributed by atoms with Gasteiger partial charge in [-0.15, -0.1) is 11.8 Å². The average molecular weight is 640 g/mol. The molecule has 0 aromatic heterocycles. The molecule has 0 radical (unpaired) electrons. The van der Waals surface area contributed by atoms with Gasteiger partial charge in [0, 0.05) is 28.8 Å². The largest absolute Gasteiger partial charge is 0.388 e. The summed E-state index contributed by atoms with van der Waals surface area (Å²) in [4.78, 5) is 29.2. The van der Waals surface area contributed by atoms with Crippen molar-refractivity contribution in [1.82, 2.24) is 15.5 Å². The third-order valence-electron chi connectivity index (χ3n) is 9.16. The third kappa shape index (κ3) is 9.14. The topological polar surface area (TPSA) is 141 Å².